The number of pyridine rings is 1. The number of hydrogen-bond acceptors (Lipinski definition) is 4. The fourth-order valence-electron chi connectivity index (χ4n) is 3.30. The average molecular weight is 376 g/mol. The summed E-state index contributed by atoms with van der Waals surface area (Å²) < 4.78 is 13.0. The van der Waals surface area contributed by atoms with Gasteiger partial charge in [-0.05, 0) is 48.5 Å². The Hall–Kier alpha value is -3.41. The van der Waals surface area contributed by atoms with Crippen molar-refractivity contribution >= 4 is 23.1 Å². The van der Waals surface area contributed by atoms with Gasteiger partial charge in [0.1, 0.15) is 11.6 Å². The number of benzene rings is 2. The standard InChI is InChI=1S/C22H21FN4O/c23-18-8-6-17(7-9-18)22(28)25-21-11-10-20(16-24-21)27-14-12-26(13-15-27)19-4-2-1-3-5-19/h1-11,16H,12-15H2,(H,24,25,28). The van der Waals surface area contributed by atoms with Crippen LogP contribution in [0.25, 0.3) is 0 Å². The molecule has 4 rings (SSSR count). The summed E-state index contributed by atoms with van der Waals surface area (Å²) in [6, 6.07) is 19.6. The number of rotatable bonds is 4. The van der Waals surface area contributed by atoms with Crippen molar-refractivity contribution in [2.45, 2.75) is 0 Å². The lowest BCUT2D eigenvalue weighted by Crippen LogP contribution is -2.46. The molecule has 1 aliphatic rings. The molecule has 142 valence electrons. The molecule has 0 radical (unpaired) electrons. The maximum Gasteiger partial charge on any atom is 0.256 e. The summed E-state index contributed by atoms with van der Waals surface area (Å²) in [6.45, 7) is 3.73. The summed E-state index contributed by atoms with van der Waals surface area (Å²) in [5, 5.41) is 2.74. The molecular formula is C22H21FN4O. The smallest absolute Gasteiger partial charge is 0.256 e. The van der Waals surface area contributed by atoms with Crippen molar-refractivity contribution < 1.29 is 9.18 Å². The van der Waals surface area contributed by atoms with Gasteiger partial charge in [0.15, 0.2) is 0 Å². The normalized spacial score (nSPS) is 14.0. The quantitative estimate of drug-likeness (QED) is 0.753. The number of anilines is 3. The third-order valence-corrected chi connectivity index (χ3v) is 4.86. The van der Waals surface area contributed by atoms with E-state index in [-0.39, 0.29) is 11.7 Å². The van der Waals surface area contributed by atoms with Crippen molar-refractivity contribution in [1.29, 1.82) is 0 Å². The van der Waals surface area contributed by atoms with Crippen LogP contribution in [0.3, 0.4) is 0 Å². The minimum Gasteiger partial charge on any atom is -0.368 e. The number of hydrogen-bond donors (Lipinski definition) is 1. The van der Waals surface area contributed by atoms with E-state index in [1.54, 1.807) is 12.3 Å². The van der Waals surface area contributed by atoms with E-state index >= 15 is 0 Å². The van der Waals surface area contributed by atoms with Gasteiger partial charge in [-0.2, -0.15) is 0 Å². The summed E-state index contributed by atoms with van der Waals surface area (Å²) in [6.07, 6.45) is 1.78. The molecule has 0 saturated carbocycles. The van der Waals surface area contributed by atoms with Gasteiger partial charge in [-0.25, -0.2) is 9.37 Å². The first-order chi connectivity index (χ1) is 13.7. The van der Waals surface area contributed by atoms with Gasteiger partial charge in [0.25, 0.3) is 5.91 Å². The van der Waals surface area contributed by atoms with Crippen LogP contribution in [0.2, 0.25) is 0 Å². The number of amides is 1. The van der Waals surface area contributed by atoms with Gasteiger partial charge in [0.2, 0.25) is 0 Å². The van der Waals surface area contributed by atoms with Gasteiger partial charge in [0.05, 0.1) is 11.9 Å². The Balaban J connectivity index is 1.35. The van der Waals surface area contributed by atoms with Crippen LogP contribution < -0.4 is 15.1 Å². The van der Waals surface area contributed by atoms with Crippen LogP contribution in [0.15, 0.2) is 72.9 Å². The highest BCUT2D eigenvalue weighted by molar-refractivity contribution is 6.03. The van der Waals surface area contributed by atoms with Crippen molar-refractivity contribution in [2.24, 2.45) is 0 Å². The van der Waals surface area contributed by atoms with Crippen LogP contribution in [-0.4, -0.2) is 37.1 Å². The number of nitrogens with zero attached hydrogens (tertiary/aromatic N) is 3. The Morgan fingerprint density at radius 1 is 0.821 bits per heavy atom. The SMILES string of the molecule is O=C(Nc1ccc(N2CCN(c3ccccc3)CC2)cn1)c1ccc(F)cc1. The summed E-state index contributed by atoms with van der Waals surface area (Å²) in [5.74, 6) is -0.205. The number of carbonyl (C=O) groups is 1. The molecule has 2 heterocycles. The van der Waals surface area contributed by atoms with E-state index < -0.39 is 0 Å². The Morgan fingerprint density at radius 2 is 1.46 bits per heavy atom. The van der Waals surface area contributed by atoms with Crippen LogP contribution in [0.1, 0.15) is 10.4 Å². The highest BCUT2D eigenvalue weighted by atomic mass is 19.1. The van der Waals surface area contributed by atoms with E-state index in [4.69, 9.17) is 0 Å². The number of nitrogens with one attached hydrogen (secondary N) is 1. The third kappa shape index (κ3) is 4.11. The lowest BCUT2D eigenvalue weighted by molar-refractivity contribution is 0.102. The molecule has 1 saturated heterocycles. The first-order valence-electron chi connectivity index (χ1n) is 9.27. The van der Waals surface area contributed by atoms with Gasteiger partial charge < -0.3 is 15.1 Å². The Labute approximate surface area is 163 Å². The van der Waals surface area contributed by atoms with Crippen molar-refractivity contribution in [3.05, 3.63) is 84.3 Å². The maximum atomic E-state index is 13.0. The van der Waals surface area contributed by atoms with E-state index in [0.29, 0.717) is 11.4 Å². The number of aromatic nitrogens is 1. The van der Waals surface area contributed by atoms with Crippen LogP contribution >= 0.6 is 0 Å². The number of halogens is 1. The zero-order valence-electron chi connectivity index (χ0n) is 15.4. The molecule has 2 aromatic carbocycles. The third-order valence-electron chi connectivity index (χ3n) is 4.86. The maximum absolute atomic E-state index is 13.0. The van der Waals surface area contributed by atoms with Crippen LogP contribution in [0, 0.1) is 5.82 Å². The zero-order chi connectivity index (χ0) is 19.3. The molecule has 0 bridgehead atoms. The van der Waals surface area contributed by atoms with E-state index in [1.165, 1.54) is 30.0 Å². The largest absolute Gasteiger partial charge is 0.368 e. The summed E-state index contributed by atoms with van der Waals surface area (Å²) >= 11 is 0. The second kappa shape index (κ2) is 8.08. The lowest BCUT2D eigenvalue weighted by Gasteiger charge is -2.37. The van der Waals surface area contributed by atoms with Crippen molar-refractivity contribution in [1.82, 2.24) is 4.98 Å². The summed E-state index contributed by atoms with van der Waals surface area (Å²) in [7, 11) is 0. The molecule has 6 heteroatoms. The van der Waals surface area contributed by atoms with Crippen molar-refractivity contribution in [3.63, 3.8) is 0 Å². The van der Waals surface area contributed by atoms with Crippen LogP contribution in [-0.2, 0) is 0 Å². The highest BCUT2D eigenvalue weighted by Crippen LogP contribution is 2.21. The molecular weight excluding hydrogens is 355 g/mol. The highest BCUT2D eigenvalue weighted by Gasteiger charge is 2.17. The van der Waals surface area contributed by atoms with Gasteiger partial charge in [-0.15, -0.1) is 0 Å². The predicted octanol–water partition coefficient (Wildman–Crippen LogP) is 3.80. The van der Waals surface area contributed by atoms with Crippen LogP contribution in [0.4, 0.5) is 21.6 Å². The van der Waals surface area contributed by atoms with Gasteiger partial charge in [0, 0.05) is 37.4 Å². The molecule has 1 aliphatic heterocycles. The number of piperazine rings is 1. The fraction of sp³-hybridized carbons (Fsp3) is 0.182. The predicted molar refractivity (Wildman–Crippen MR) is 109 cm³/mol. The molecule has 1 fully saturated rings. The number of para-hydroxylation sites is 1. The topological polar surface area (TPSA) is 48.5 Å². The minimum atomic E-state index is -0.369. The number of carbonyl (C=O) groups excluding carboxylic acids is 1. The lowest BCUT2D eigenvalue weighted by atomic mass is 10.2. The monoisotopic (exact) mass is 376 g/mol. The Morgan fingerprint density at radius 3 is 2.07 bits per heavy atom. The van der Waals surface area contributed by atoms with E-state index in [0.717, 1.165) is 31.9 Å². The summed E-state index contributed by atoms with van der Waals surface area (Å²) in [4.78, 5) is 21.2. The van der Waals surface area contributed by atoms with Gasteiger partial charge >= 0.3 is 0 Å². The molecule has 0 spiro atoms. The van der Waals surface area contributed by atoms with E-state index in [2.05, 4.69) is 44.4 Å². The summed E-state index contributed by atoms with van der Waals surface area (Å²) in [5.41, 5.74) is 2.68. The second-order valence-corrected chi connectivity index (χ2v) is 6.67. The molecule has 5 nitrogen and oxygen atoms in total. The molecule has 0 atom stereocenters. The average Bonchev–Trinajstić information content (AvgIpc) is 2.75. The Bertz CT molecular complexity index is 921. The first-order valence-corrected chi connectivity index (χ1v) is 9.27. The molecule has 1 amide bonds. The van der Waals surface area contributed by atoms with Crippen molar-refractivity contribution in [3.8, 4) is 0 Å². The van der Waals surface area contributed by atoms with Crippen LogP contribution in [0.5, 0.6) is 0 Å². The van der Waals surface area contributed by atoms with Gasteiger partial charge in [-0.3, -0.25) is 4.79 Å². The molecule has 0 unspecified atom stereocenters. The first kappa shape index (κ1) is 18.0. The van der Waals surface area contributed by atoms with Crippen molar-refractivity contribution in [2.75, 3.05) is 41.3 Å². The fourth-order valence-corrected chi connectivity index (χ4v) is 3.30. The minimum absolute atomic E-state index is 0.309. The van der Waals surface area contributed by atoms with E-state index in [1.807, 2.05) is 12.1 Å². The van der Waals surface area contributed by atoms with Gasteiger partial charge in [-0.1, -0.05) is 18.2 Å². The Kier molecular flexibility index (Phi) is 5.19. The molecule has 0 aliphatic carbocycles. The second-order valence-electron chi connectivity index (χ2n) is 6.67. The zero-order valence-corrected chi connectivity index (χ0v) is 15.4. The molecule has 1 aromatic heterocycles. The molecule has 28 heavy (non-hydrogen) atoms. The molecule has 1 N–H and O–H groups in total. The molecule has 3 aromatic rings. The van der Waals surface area contributed by atoms with E-state index in [9.17, 15) is 9.18 Å².